The third kappa shape index (κ3) is 7.88. The molecule has 4 N–H and O–H groups in total. The highest BCUT2D eigenvalue weighted by molar-refractivity contribution is 6.40. The van der Waals surface area contributed by atoms with Crippen LogP contribution in [-0.2, 0) is 30.5 Å². The Morgan fingerprint density at radius 2 is 1.58 bits per heavy atom. The highest BCUT2D eigenvalue weighted by atomic mass is 16.5. The summed E-state index contributed by atoms with van der Waals surface area (Å²) < 4.78 is 10.3. The summed E-state index contributed by atoms with van der Waals surface area (Å²) in [6.45, 7) is 3.64. The third-order valence-corrected chi connectivity index (χ3v) is 4.92. The molecule has 1 aromatic heterocycles. The Kier molecular flexibility index (Phi) is 9.46. The Morgan fingerprint density at radius 1 is 0.868 bits per heavy atom. The van der Waals surface area contributed by atoms with Gasteiger partial charge in [0.15, 0.2) is 0 Å². The Labute approximate surface area is 217 Å². The number of anilines is 2. The number of carbonyl (C=O) groups excluding carboxylic acids is 5. The second-order valence-electron chi connectivity index (χ2n) is 7.71. The number of esters is 1. The number of ether oxygens (including phenoxy) is 1. The van der Waals surface area contributed by atoms with Gasteiger partial charge in [-0.3, -0.25) is 19.2 Å². The van der Waals surface area contributed by atoms with Gasteiger partial charge in [-0.1, -0.05) is 18.2 Å². The summed E-state index contributed by atoms with van der Waals surface area (Å²) in [5.74, 6) is -3.60. The molecule has 12 heteroatoms. The van der Waals surface area contributed by atoms with Crippen molar-refractivity contribution in [2.24, 2.45) is 5.10 Å². The lowest BCUT2D eigenvalue weighted by atomic mass is 10.2. The summed E-state index contributed by atoms with van der Waals surface area (Å²) in [6.07, 6.45) is 1.18. The maximum Gasteiger partial charge on any atom is 0.338 e. The lowest BCUT2D eigenvalue weighted by Crippen LogP contribution is -2.34. The number of amides is 4. The van der Waals surface area contributed by atoms with Gasteiger partial charge < -0.3 is 25.1 Å². The van der Waals surface area contributed by atoms with Crippen LogP contribution in [-0.4, -0.2) is 42.4 Å². The van der Waals surface area contributed by atoms with E-state index in [0.717, 1.165) is 5.56 Å². The van der Waals surface area contributed by atoms with E-state index >= 15 is 0 Å². The lowest BCUT2D eigenvalue weighted by Gasteiger charge is -2.07. The molecule has 0 spiro atoms. The smallest absolute Gasteiger partial charge is 0.338 e. The van der Waals surface area contributed by atoms with Gasteiger partial charge in [0, 0.05) is 11.4 Å². The minimum Gasteiger partial charge on any atom is -0.462 e. The van der Waals surface area contributed by atoms with Crippen LogP contribution in [0.2, 0.25) is 0 Å². The molecule has 0 aliphatic carbocycles. The molecule has 0 saturated heterocycles. The first-order chi connectivity index (χ1) is 18.3. The summed E-state index contributed by atoms with van der Waals surface area (Å²) in [5, 5.41) is 11.0. The van der Waals surface area contributed by atoms with Gasteiger partial charge in [0.2, 0.25) is 0 Å². The molecule has 0 radical (unpaired) electrons. The maximum atomic E-state index is 12.1. The quantitative estimate of drug-likeness (QED) is 0.153. The largest absolute Gasteiger partial charge is 0.462 e. The van der Waals surface area contributed by atoms with Crippen LogP contribution in [0.3, 0.4) is 0 Å². The van der Waals surface area contributed by atoms with Crippen LogP contribution in [0.25, 0.3) is 0 Å². The van der Waals surface area contributed by atoms with Gasteiger partial charge >= 0.3 is 29.6 Å². The van der Waals surface area contributed by atoms with E-state index in [2.05, 4.69) is 26.5 Å². The molecule has 0 fully saturated rings. The molecule has 3 rings (SSSR count). The van der Waals surface area contributed by atoms with E-state index in [4.69, 9.17) is 9.15 Å². The molecule has 2 aromatic carbocycles. The normalized spacial score (nSPS) is 10.5. The highest BCUT2D eigenvalue weighted by Gasteiger charge is 2.16. The molecule has 196 valence electrons. The van der Waals surface area contributed by atoms with E-state index < -0.39 is 29.6 Å². The first kappa shape index (κ1) is 27.3. The molecule has 0 atom stereocenters. The monoisotopic (exact) mass is 519 g/mol. The molecular weight excluding hydrogens is 494 g/mol. The van der Waals surface area contributed by atoms with E-state index in [9.17, 15) is 24.0 Å². The van der Waals surface area contributed by atoms with Crippen molar-refractivity contribution in [3.05, 3.63) is 83.3 Å². The molecule has 38 heavy (non-hydrogen) atoms. The summed E-state index contributed by atoms with van der Waals surface area (Å²) in [6, 6.07) is 16.0. The van der Waals surface area contributed by atoms with Crippen molar-refractivity contribution < 1.29 is 33.1 Å². The topological polar surface area (TPSA) is 168 Å². The number of hydrogen-bond acceptors (Lipinski definition) is 8. The van der Waals surface area contributed by atoms with Crippen LogP contribution < -0.4 is 21.4 Å². The van der Waals surface area contributed by atoms with E-state index in [1.54, 1.807) is 38.1 Å². The van der Waals surface area contributed by atoms with Gasteiger partial charge in [-0.15, -0.1) is 0 Å². The zero-order chi connectivity index (χ0) is 27.5. The van der Waals surface area contributed by atoms with Gasteiger partial charge in [0.1, 0.15) is 11.5 Å². The minimum absolute atomic E-state index is 0.0902. The van der Waals surface area contributed by atoms with Crippen LogP contribution >= 0.6 is 0 Å². The number of para-hydroxylation sites is 1. The zero-order valence-electron chi connectivity index (χ0n) is 20.6. The van der Waals surface area contributed by atoms with Crippen molar-refractivity contribution in [2.45, 2.75) is 20.4 Å². The fraction of sp³-hybridized carbons (Fsp3) is 0.154. The van der Waals surface area contributed by atoms with Crippen molar-refractivity contribution in [2.75, 3.05) is 17.2 Å². The van der Waals surface area contributed by atoms with E-state index in [-0.39, 0.29) is 18.9 Å². The Balaban J connectivity index is 1.43. The highest BCUT2D eigenvalue weighted by Crippen LogP contribution is 2.13. The first-order valence-corrected chi connectivity index (χ1v) is 11.4. The second kappa shape index (κ2) is 13.2. The van der Waals surface area contributed by atoms with E-state index in [1.165, 1.54) is 36.5 Å². The predicted molar refractivity (Wildman–Crippen MR) is 137 cm³/mol. The Bertz CT molecular complexity index is 1360. The number of hydrazone groups is 1. The van der Waals surface area contributed by atoms with Crippen molar-refractivity contribution in [1.29, 1.82) is 0 Å². The average molecular weight is 520 g/mol. The fourth-order valence-corrected chi connectivity index (χ4v) is 3.00. The van der Waals surface area contributed by atoms with Gasteiger partial charge in [-0.05, 0) is 61.9 Å². The molecule has 0 aliphatic heterocycles. The molecular formula is C26H25N5O7. The van der Waals surface area contributed by atoms with Crippen LogP contribution in [0, 0.1) is 6.92 Å². The number of benzene rings is 2. The molecule has 0 saturated carbocycles. The number of nitrogens with one attached hydrogen (secondary N) is 4. The van der Waals surface area contributed by atoms with Crippen LogP contribution in [0.1, 0.15) is 34.4 Å². The summed E-state index contributed by atoms with van der Waals surface area (Å²) in [5.41, 5.74) is 4.04. The zero-order valence-corrected chi connectivity index (χ0v) is 20.6. The summed E-state index contributed by atoms with van der Waals surface area (Å²) >= 11 is 0. The van der Waals surface area contributed by atoms with E-state index in [1.807, 2.05) is 6.07 Å². The summed E-state index contributed by atoms with van der Waals surface area (Å²) in [4.78, 5) is 59.8. The number of aryl methyl sites for hydroxylation is 1. The molecule has 4 amide bonds. The molecule has 1 heterocycles. The maximum absolute atomic E-state index is 12.1. The Morgan fingerprint density at radius 3 is 2.29 bits per heavy atom. The van der Waals surface area contributed by atoms with Crippen LogP contribution in [0.5, 0.6) is 0 Å². The number of carbonyl (C=O) groups is 5. The number of hydrogen-bond donors (Lipinski definition) is 4. The minimum atomic E-state index is -0.968. The predicted octanol–water partition coefficient (Wildman–Crippen LogP) is 2.11. The third-order valence-electron chi connectivity index (χ3n) is 4.92. The van der Waals surface area contributed by atoms with Gasteiger partial charge in [0.25, 0.3) is 0 Å². The van der Waals surface area contributed by atoms with Crippen LogP contribution in [0.15, 0.2) is 70.2 Å². The summed E-state index contributed by atoms with van der Waals surface area (Å²) in [7, 11) is 0. The molecule has 0 aliphatic rings. The first-order valence-electron chi connectivity index (χ1n) is 11.4. The molecule has 0 unspecified atom stereocenters. The average Bonchev–Trinajstić information content (AvgIpc) is 3.36. The van der Waals surface area contributed by atoms with Crippen LogP contribution in [0.4, 0.5) is 11.4 Å². The van der Waals surface area contributed by atoms with Crippen molar-refractivity contribution in [3.8, 4) is 0 Å². The molecule has 0 bridgehead atoms. The lowest BCUT2D eigenvalue weighted by molar-refractivity contribution is -0.136. The van der Waals surface area contributed by atoms with Gasteiger partial charge in [-0.25, -0.2) is 10.2 Å². The van der Waals surface area contributed by atoms with Gasteiger partial charge in [-0.2, -0.15) is 5.10 Å². The SMILES string of the molecule is CCOC(=O)c1ccc(NC(=O)C(=O)NCc2ccc(/C=N/NC(=O)C(=O)Nc3ccccc3C)o2)cc1. The van der Waals surface area contributed by atoms with E-state index in [0.29, 0.717) is 22.7 Å². The molecule has 3 aromatic rings. The fourth-order valence-electron chi connectivity index (χ4n) is 3.00. The molecule has 12 nitrogen and oxygen atoms in total. The van der Waals surface area contributed by atoms with Crippen molar-refractivity contribution >= 4 is 47.2 Å². The number of furan rings is 1. The Hall–Kier alpha value is -5.26. The van der Waals surface area contributed by atoms with Crippen molar-refractivity contribution in [1.82, 2.24) is 10.7 Å². The number of nitrogens with zero attached hydrogens (tertiary/aromatic N) is 1. The second-order valence-corrected chi connectivity index (χ2v) is 7.71. The standard InChI is InChI=1S/C26H25N5O7/c1-3-37-26(36)17-8-10-18(11-9-17)29-23(33)22(32)27-14-19-12-13-20(38-19)15-28-31-25(35)24(34)30-21-7-5-4-6-16(21)2/h4-13,15H,3,14H2,1-2H3,(H,27,32)(H,29,33)(H,30,34)(H,31,35)/b28-15+. The van der Waals surface area contributed by atoms with Crippen molar-refractivity contribution in [3.63, 3.8) is 0 Å². The van der Waals surface area contributed by atoms with Gasteiger partial charge in [0.05, 0.1) is 24.9 Å². The number of rotatable bonds is 8.